The summed E-state index contributed by atoms with van der Waals surface area (Å²) in [6.45, 7) is 6.13. The van der Waals surface area contributed by atoms with Crippen molar-refractivity contribution in [2.45, 2.75) is 26.4 Å². The molecule has 103 valence electrons. The highest BCUT2D eigenvalue weighted by atomic mass is 28.3. The SMILES string of the molecule is Cc1cnc(CC=Nc2ccccc2O[Si](C)C)cn1. The van der Waals surface area contributed by atoms with E-state index in [0.717, 1.165) is 22.8 Å². The van der Waals surface area contributed by atoms with Crippen molar-refractivity contribution in [3.05, 3.63) is 48.0 Å². The van der Waals surface area contributed by atoms with Crippen LogP contribution in [0.1, 0.15) is 11.4 Å². The molecule has 1 heterocycles. The lowest BCUT2D eigenvalue weighted by molar-refractivity contribution is 0.582. The minimum atomic E-state index is -0.786. The standard InChI is InChI=1S/C15H18N3OSi/c1-12-10-18-13(11-17-12)8-9-16-14-6-4-5-7-15(14)19-20(2)3/h4-7,9-11H,8H2,1-3H3. The van der Waals surface area contributed by atoms with Crippen molar-refractivity contribution in [3.8, 4) is 5.75 Å². The molecule has 0 unspecified atom stereocenters. The van der Waals surface area contributed by atoms with E-state index in [1.807, 2.05) is 37.4 Å². The smallest absolute Gasteiger partial charge is 0.274 e. The summed E-state index contributed by atoms with van der Waals surface area (Å²) in [6.07, 6.45) is 6.06. The Morgan fingerprint density at radius 3 is 2.70 bits per heavy atom. The second-order valence-corrected chi connectivity index (χ2v) is 6.66. The van der Waals surface area contributed by atoms with Gasteiger partial charge in [-0.1, -0.05) is 12.1 Å². The van der Waals surface area contributed by atoms with Gasteiger partial charge in [-0.3, -0.25) is 15.0 Å². The Bertz CT molecular complexity index is 582. The van der Waals surface area contributed by atoms with Crippen molar-refractivity contribution < 1.29 is 4.43 Å². The fraction of sp³-hybridized carbons (Fsp3) is 0.267. The van der Waals surface area contributed by atoms with E-state index in [9.17, 15) is 0 Å². The van der Waals surface area contributed by atoms with Crippen LogP contribution >= 0.6 is 0 Å². The van der Waals surface area contributed by atoms with E-state index in [1.54, 1.807) is 12.4 Å². The van der Waals surface area contributed by atoms with Crippen LogP contribution in [-0.4, -0.2) is 25.2 Å². The quantitative estimate of drug-likeness (QED) is 0.625. The van der Waals surface area contributed by atoms with Gasteiger partial charge < -0.3 is 4.43 Å². The van der Waals surface area contributed by atoms with Gasteiger partial charge in [-0.2, -0.15) is 0 Å². The van der Waals surface area contributed by atoms with Crippen molar-refractivity contribution in [2.24, 2.45) is 4.99 Å². The maximum atomic E-state index is 5.82. The number of aromatic nitrogens is 2. The molecule has 2 rings (SSSR count). The molecular weight excluding hydrogens is 266 g/mol. The van der Waals surface area contributed by atoms with Crippen LogP contribution in [0.5, 0.6) is 5.75 Å². The predicted molar refractivity (Wildman–Crippen MR) is 83.2 cm³/mol. The summed E-state index contributed by atoms with van der Waals surface area (Å²) >= 11 is 0. The molecule has 0 spiro atoms. The molecule has 0 amide bonds. The zero-order chi connectivity index (χ0) is 14.4. The molecule has 0 aliphatic rings. The molecule has 0 aliphatic heterocycles. The second-order valence-electron chi connectivity index (χ2n) is 4.64. The summed E-state index contributed by atoms with van der Waals surface area (Å²) in [4.78, 5) is 13.0. The molecule has 0 bridgehead atoms. The molecule has 0 atom stereocenters. The maximum Gasteiger partial charge on any atom is 0.274 e. The average molecular weight is 284 g/mol. The van der Waals surface area contributed by atoms with Crippen molar-refractivity contribution in [3.63, 3.8) is 0 Å². The van der Waals surface area contributed by atoms with Crippen LogP contribution in [0.15, 0.2) is 41.7 Å². The first-order chi connectivity index (χ1) is 9.65. The summed E-state index contributed by atoms with van der Waals surface area (Å²) in [5.41, 5.74) is 2.69. The third-order valence-electron chi connectivity index (χ3n) is 2.54. The largest absolute Gasteiger partial charge is 0.541 e. The zero-order valence-corrected chi connectivity index (χ0v) is 13.0. The zero-order valence-electron chi connectivity index (χ0n) is 12.0. The average Bonchev–Trinajstić information content (AvgIpc) is 2.42. The number of hydrogen-bond donors (Lipinski definition) is 0. The van der Waals surface area contributed by atoms with Crippen LogP contribution < -0.4 is 4.43 Å². The van der Waals surface area contributed by atoms with E-state index in [2.05, 4.69) is 28.1 Å². The van der Waals surface area contributed by atoms with Crippen LogP contribution in [0.2, 0.25) is 13.1 Å². The Kier molecular flexibility index (Phi) is 5.01. The molecule has 0 saturated carbocycles. The number of hydrogen-bond acceptors (Lipinski definition) is 4. The van der Waals surface area contributed by atoms with Gasteiger partial charge in [0, 0.05) is 25.0 Å². The monoisotopic (exact) mass is 284 g/mol. The van der Waals surface area contributed by atoms with Gasteiger partial charge in [0.2, 0.25) is 0 Å². The highest BCUT2D eigenvalue weighted by molar-refractivity contribution is 6.49. The number of nitrogens with zero attached hydrogens (tertiary/aromatic N) is 3. The van der Waals surface area contributed by atoms with Gasteiger partial charge in [0.1, 0.15) is 11.4 Å². The Morgan fingerprint density at radius 1 is 1.20 bits per heavy atom. The molecule has 0 fully saturated rings. The molecule has 1 radical (unpaired) electrons. The van der Waals surface area contributed by atoms with Crippen molar-refractivity contribution >= 4 is 20.9 Å². The van der Waals surface area contributed by atoms with Gasteiger partial charge in [-0.25, -0.2) is 0 Å². The molecule has 4 nitrogen and oxygen atoms in total. The molecule has 1 aromatic heterocycles. The minimum absolute atomic E-state index is 0.664. The summed E-state index contributed by atoms with van der Waals surface area (Å²) in [7, 11) is -0.786. The van der Waals surface area contributed by atoms with Crippen LogP contribution in [0.25, 0.3) is 0 Å². The molecule has 20 heavy (non-hydrogen) atoms. The van der Waals surface area contributed by atoms with Gasteiger partial charge >= 0.3 is 0 Å². The molecule has 2 aromatic rings. The number of rotatable bonds is 5. The maximum absolute atomic E-state index is 5.82. The number of aliphatic imine (C=N–C) groups is 1. The Hall–Kier alpha value is -2.01. The third-order valence-corrected chi connectivity index (χ3v) is 3.17. The highest BCUT2D eigenvalue weighted by Crippen LogP contribution is 2.26. The van der Waals surface area contributed by atoms with Crippen molar-refractivity contribution in [2.75, 3.05) is 0 Å². The van der Waals surface area contributed by atoms with Crippen LogP contribution in [0.3, 0.4) is 0 Å². The highest BCUT2D eigenvalue weighted by Gasteiger charge is 2.04. The Morgan fingerprint density at radius 2 is 2.00 bits per heavy atom. The van der Waals surface area contributed by atoms with E-state index in [-0.39, 0.29) is 0 Å². The molecule has 0 N–H and O–H groups in total. The number of para-hydroxylation sites is 2. The first-order valence-corrected chi connectivity index (χ1v) is 8.93. The predicted octanol–water partition coefficient (Wildman–Crippen LogP) is 3.36. The van der Waals surface area contributed by atoms with Gasteiger partial charge in [0.15, 0.2) is 0 Å². The normalized spacial score (nSPS) is 11.2. The Balaban J connectivity index is 2.05. The lowest BCUT2D eigenvalue weighted by Gasteiger charge is -2.10. The van der Waals surface area contributed by atoms with E-state index in [0.29, 0.717) is 6.42 Å². The fourth-order valence-electron chi connectivity index (χ4n) is 1.63. The van der Waals surface area contributed by atoms with E-state index in [4.69, 9.17) is 4.43 Å². The summed E-state index contributed by atoms with van der Waals surface area (Å²) < 4.78 is 5.82. The van der Waals surface area contributed by atoms with Crippen LogP contribution in [0, 0.1) is 6.92 Å². The van der Waals surface area contributed by atoms with Crippen molar-refractivity contribution in [1.82, 2.24) is 9.97 Å². The summed E-state index contributed by atoms with van der Waals surface area (Å²) in [5.74, 6) is 0.845. The van der Waals surface area contributed by atoms with Gasteiger partial charge in [-0.15, -0.1) is 0 Å². The molecule has 5 heteroatoms. The fourth-order valence-corrected chi connectivity index (χ4v) is 2.24. The molecule has 0 aliphatic carbocycles. The molecular formula is C15H18N3OSi. The van der Waals surface area contributed by atoms with Gasteiger partial charge in [0.25, 0.3) is 9.04 Å². The topological polar surface area (TPSA) is 47.4 Å². The van der Waals surface area contributed by atoms with E-state index in [1.165, 1.54) is 0 Å². The van der Waals surface area contributed by atoms with Gasteiger partial charge in [-0.05, 0) is 32.2 Å². The molecule has 1 aromatic carbocycles. The second kappa shape index (κ2) is 6.95. The molecule has 0 saturated heterocycles. The number of aryl methyl sites for hydroxylation is 1. The lowest BCUT2D eigenvalue weighted by atomic mass is 10.3. The summed E-state index contributed by atoms with van der Waals surface area (Å²) in [6, 6.07) is 7.83. The van der Waals surface area contributed by atoms with Crippen LogP contribution in [0.4, 0.5) is 5.69 Å². The summed E-state index contributed by atoms with van der Waals surface area (Å²) in [5, 5.41) is 0. The van der Waals surface area contributed by atoms with Gasteiger partial charge in [0.05, 0.1) is 11.4 Å². The first-order valence-electron chi connectivity index (χ1n) is 6.52. The number of benzene rings is 1. The van der Waals surface area contributed by atoms with E-state index < -0.39 is 9.04 Å². The first kappa shape index (κ1) is 14.4. The minimum Gasteiger partial charge on any atom is -0.541 e. The van der Waals surface area contributed by atoms with Crippen molar-refractivity contribution in [1.29, 1.82) is 0 Å². The lowest BCUT2D eigenvalue weighted by Crippen LogP contribution is -2.11. The van der Waals surface area contributed by atoms with Crippen LogP contribution in [-0.2, 0) is 6.42 Å². The third kappa shape index (κ3) is 4.27. The Labute approximate surface area is 121 Å². The van der Waals surface area contributed by atoms with E-state index >= 15 is 0 Å².